The molecule has 0 radical (unpaired) electrons. The molecule has 3 aliphatic rings. The molecule has 5 aromatic rings. The molecule has 1 saturated carbocycles. The van der Waals surface area contributed by atoms with E-state index < -0.39 is 12.0 Å². The first-order valence-electron chi connectivity index (χ1n) is 12.6. The topological polar surface area (TPSA) is 128 Å². The predicted molar refractivity (Wildman–Crippen MR) is 143 cm³/mol. The van der Waals surface area contributed by atoms with Crippen molar-refractivity contribution in [1.82, 2.24) is 39.7 Å². The second-order valence-corrected chi connectivity index (χ2v) is 10.5. The summed E-state index contributed by atoms with van der Waals surface area (Å²) < 4.78 is 24.2. The molecule has 2 aliphatic heterocycles. The van der Waals surface area contributed by atoms with Gasteiger partial charge in [-0.2, -0.15) is 9.07 Å². The molecule has 1 aliphatic carbocycles. The number of aromatic nitrogens is 8. The second kappa shape index (κ2) is 8.33. The Morgan fingerprint density at radius 1 is 1.15 bits per heavy atom. The number of nitrogens with zero attached hydrogens (tertiary/aromatic N) is 7. The monoisotopic (exact) mass is 555 g/mol. The Bertz CT molecular complexity index is 1920. The van der Waals surface area contributed by atoms with Gasteiger partial charge in [-0.15, -0.1) is 5.10 Å². The van der Waals surface area contributed by atoms with Crippen LogP contribution < -0.4 is 15.6 Å². The van der Waals surface area contributed by atoms with Gasteiger partial charge in [-0.25, -0.2) is 9.97 Å². The number of hydrogen-bond acceptors (Lipinski definition) is 8. The van der Waals surface area contributed by atoms with E-state index in [9.17, 15) is 4.79 Å². The highest BCUT2D eigenvalue weighted by Gasteiger charge is 2.56. The number of H-pyrrole nitrogens is 1. The highest BCUT2D eigenvalue weighted by molar-refractivity contribution is 6.31. The summed E-state index contributed by atoms with van der Waals surface area (Å²) in [5, 5.41) is 15.0. The number of nitrogens with one attached hydrogen (secondary N) is 2. The Morgan fingerprint density at radius 2 is 2.05 bits per heavy atom. The quantitative estimate of drug-likeness (QED) is 0.339. The van der Waals surface area contributed by atoms with Crippen molar-refractivity contribution < 1.29 is 9.13 Å². The second-order valence-electron chi connectivity index (χ2n) is 10.1. The first kappa shape index (κ1) is 23.1. The molecule has 5 heterocycles. The van der Waals surface area contributed by atoms with E-state index in [-0.39, 0.29) is 23.1 Å². The Kier molecular flexibility index (Phi) is 4.81. The Hall–Kier alpha value is -4.84. The van der Waals surface area contributed by atoms with Crippen molar-refractivity contribution in [3.63, 3.8) is 0 Å². The van der Waals surface area contributed by atoms with Crippen molar-refractivity contribution in [1.29, 1.82) is 0 Å². The number of ether oxygens (including phenoxy) is 1. The number of aromatic amines is 1. The number of benzene rings is 2. The van der Waals surface area contributed by atoms with Gasteiger partial charge in [0.1, 0.15) is 30.3 Å². The first-order chi connectivity index (χ1) is 19.4. The van der Waals surface area contributed by atoms with E-state index in [4.69, 9.17) is 21.3 Å². The molecule has 2 aromatic carbocycles. The first-order valence-corrected chi connectivity index (χ1v) is 13.0. The molecule has 11 nitrogen and oxygen atoms in total. The summed E-state index contributed by atoms with van der Waals surface area (Å²) in [7, 11) is 0. The van der Waals surface area contributed by atoms with Gasteiger partial charge in [0, 0.05) is 33.8 Å². The minimum atomic E-state index is -0.643. The number of halogens is 2. The van der Waals surface area contributed by atoms with E-state index in [0.29, 0.717) is 51.5 Å². The van der Waals surface area contributed by atoms with Crippen molar-refractivity contribution >= 4 is 17.3 Å². The maximum atomic E-state index is 15.4. The Balaban J connectivity index is 1.19. The lowest BCUT2D eigenvalue weighted by Gasteiger charge is -2.21. The van der Waals surface area contributed by atoms with Crippen LogP contribution in [0, 0.1) is 11.9 Å². The molecular formula is C27H19ClFN9O2. The molecule has 2 N–H and O–H groups in total. The average Bonchev–Trinajstić information content (AvgIpc) is 3.23. The van der Waals surface area contributed by atoms with Crippen LogP contribution >= 0.6 is 11.6 Å². The van der Waals surface area contributed by atoms with Gasteiger partial charge in [-0.05, 0) is 59.2 Å². The van der Waals surface area contributed by atoms with Gasteiger partial charge < -0.3 is 15.0 Å². The van der Waals surface area contributed by atoms with E-state index in [1.807, 2.05) is 12.1 Å². The molecule has 13 heteroatoms. The summed E-state index contributed by atoms with van der Waals surface area (Å²) in [6.07, 6.45) is 2.26. The molecule has 0 spiro atoms. The van der Waals surface area contributed by atoms with Crippen LogP contribution in [-0.2, 0) is 0 Å². The van der Waals surface area contributed by atoms with Gasteiger partial charge in [-0.1, -0.05) is 18.2 Å². The van der Waals surface area contributed by atoms with E-state index in [0.717, 1.165) is 17.8 Å². The van der Waals surface area contributed by atoms with Crippen molar-refractivity contribution in [3.8, 4) is 34.1 Å². The van der Waals surface area contributed by atoms with Crippen molar-refractivity contribution in [2.24, 2.45) is 5.92 Å². The molecule has 0 saturated heterocycles. The molecule has 3 unspecified atom stereocenters. The van der Waals surface area contributed by atoms with Crippen LogP contribution in [0.5, 0.6) is 5.75 Å². The fourth-order valence-corrected chi connectivity index (χ4v) is 5.92. The standard InChI is InChI=1S/C27H19ClFN9O2/c1-12-10-40-21-6-13(2-4-18(21)31-12)26-33-23(25(29)34-26)24-15-8-16(15)27-32-19(9-22(39)38(24)27)17-7-14(28)3-5-20(17)37-11-30-35-36-37/h2-7,9,11,15-16,24,31H,1,8,10H2,(H,33,34). The highest BCUT2D eigenvalue weighted by atomic mass is 35.5. The average molecular weight is 556 g/mol. The van der Waals surface area contributed by atoms with Crippen LogP contribution in [0.2, 0.25) is 5.02 Å². The lowest BCUT2D eigenvalue weighted by molar-refractivity contribution is 0.347. The smallest absolute Gasteiger partial charge is 0.254 e. The Morgan fingerprint density at radius 3 is 2.90 bits per heavy atom. The van der Waals surface area contributed by atoms with E-state index in [1.165, 1.54) is 17.1 Å². The molecule has 40 heavy (non-hydrogen) atoms. The normalized spacial score (nSPS) is 20.4. The molecule has 3 aromatic heterocycles. The van der Waals surface area contributed by atoms with E-state index in [1.54, 1.807) is 28.8 Å². The Labute approximate surface area is 230 Å². The number of fused-ring (bicyclic) bond motifs is 4. The number of hydrogen-bond donors (Lipinski definition) is 2. The maximum Gasteiger partial charge on any atom is 0.254 e. The van der Waals surface area contributed by atoms with E-state index in [2.05, 4.69) is 37.4 Å². The lowest BCUT2D eigenvalue weighted by atomic mass is 10.1. The SMILES string of the molecule is C=C1COc2cc(-c3nc(F)c(C4C5CC5c5nc(-c6cc(Cl)ccc6-n6cnnn6)cc(=O)n54)[nH]3)ccc2N1. The molecular weight excluding hydrogens is 537 g/mol. The van der Waals surface area contributed by atoms with Crippen LogP contribution in [0.4, 0.5) is 10.1 Å². The summed E-state index contributed by atoms with van der Waals surface area (Å²) in [4.78, 5) is 25.8. The van der Waals surface area contributed by atoms with Crippen LogP contribution in [0.15, 0.2) is 65.9 Å². The minimum absolute atomic E-state index is 0.0378. The third-order valence-electron chi connectivity index (χ3n) is 7.61. The zero-order valence-corrected chi connectivity index (χ0v) is 21.4. The van der Waals surface area contributed by atoms with Crippen molar-refractivity contribution in [2.75, 3.05) is 11.9 Å². The summed E-state index contributed by atoms with van der Waals surface area (Å²) >= 11 is 6.30. The van der Waals surface area contributed by atoms with Crippen LogP contribution in [0.25, 0.3) is 28.3 Å². The molecule has 198 valence electrons. The van der Waals surface area contributed by atoms with Gasteiger partial charge >= 0.3 is 0 Å². The molecule has 0 amide bonds. The van der Waals surface area contributed by atoms with Gasteiger partial charge in [-0.3, -0.25) is 9.36 Å². The maximum absolute atomic E-state index is 15.4. The van der Waals surface area contributed by atoms with Gasteiger partial charge in [0.2, 0.25) is 5.95 Å². The van der Waals surface area contributed by atoms with Crippen molar-refractivity contribution in [3.05, 3.63) is 93.9 Å². The third kappa shape index (κ3) is 3.49. The summed E-state index contributed by atoms with van der Waals surface area (Å²) in [6, 6.07) is 11.6. The van der Waals surface area contributed by atoms with Gasteiger partial charge in [0.15, 0.2) is 0 Å². The molecule has 1 fully saturated rings. The van der Waals surface area contributed by atoms with E-state index >= 15 is 4.39 Å². The van der Waals surface area contributed by atoms with Crippen LogP contribution in [0.3, 0.4) is 0 Å². The lowest BCUT2D eigenvalue weighted by Crippen LogP contribution is -2.27. The summed E-state index contributed by atoms with van der Waals surface area (Å²) in [6.45, 7) is 4.23. The molecule has 0 bridgehead atoms. The fourth-order valence-electron chi connectivity index (χ4n) is 5.75. The highest BCUT2D eigenvalue weighted by Crippen LogP contribution is 2.60. The zero-order chi connectivity index (χ0) is 27.1. The molecule has 3 atom stereocenters. The zero-order valence-electron chi connectivity index (χ0n) is 20.7. The largest absolute Gasteiger partial charge is 0.485 e. The number of anilines is 1. The minimum Gasteiger partial charge on any atom is -0.485 e. The van der Waals surface area contributed by atoms with Crippen LogP contribution in [0.1, 0.15) is 29.9 Å². The predicted octanol–water partition coefficient (Wildman–Crippen LogP) is 4.09. The summed E-state index contributed by atoms with van der Waals surface area (Å²) in [5.41, 5.74) is 3.88. The fraction of sp³-hybridized carbons (Fsp3) is 0.185. The number of imidazole rings is 1. The van der Waals surface area contributed by atoms with Crippen LogP contribution in [-0.4, -0.2) is 46.3 Å². The third-order valence-corrected chi connectivity index (χ3v) is 7.85. The number of rotatable bonds is 4. The van der Waals surface area contributed by atoms with Crippen molar-refractivity contribution in [2.45, 2.75) is 18.4 Å². The summed E-state index contributed by atoms with van der Waals surface area (Å²) in [5.74, 6) is 1.04. The van der Waals surface area contributed by atoms with Gasteiger partial charge in [0.25, 0.3) is 5.56 Å². The molecule has 8 rings (SSSR count). The van der Waals surface area contributed by atoms with Gasteiger partial charge in [0.05, 0.1) is 28.8 Å². The number of tetrazole rings is 1.